The Balaban J connectivity index is 2.47. The fourth-order valence-electron chi connectivity index (χ4n) is 1.39. The van der Waals surface area contributed by atoms with Gasteiger partial charge < -0.3 is 10.1 Å². The summed E-state index contributed by atoms with van der Waals surface area (Å²) < 4.78 is 42.2. The summed E-state index contributed by atoms with van der Waals surface area (Å²) in [7, 11) is 0. The van der Waals surface area contributed by atoms with Crippen LogP contribution >= 0.6 is 0 Å². The summed E-state index contributed by atoms with van der Waals surface area (Å²) in [5.74, 6) is 0. The maximum absolute atomic E-state index is 12.5. The normalized spacial score (nSPS) is 11.2. The van der Waals surface area contributed by atoms with Gasteiger partial charge in [0.2, 0.25) is 0 Å². The molecule has 106 valence electrons. The average molecular weight is 275 g/mol. The van der Waals surface area contributed by atoms with Gasteiger partial charge in [0, 0.05) is 6.54 Å². The van der Waals surface area contributed by atoms with Crippen molar-refractivity contribution in [3.63, 3.8) is 0 Å². The minimum atomic E-state index is -4.38. The Kier molecular flexibility index (Phi) is 5.66. The third-order valence-corrected chi connectivity index (χ3v) is 2.42. The molecule has 0 aromatic heterocycles. The van der Waals surface area contributed by atoms with Gasteiger partial charge in [0.05, 0.1) is 12.2 Å². The quantitative estimate of drug-likeness (QED) is 0.831. The van der Waals surface area contributed by atoms with Crippen LogP contribution in [0.3, 0.4) is 0 Å². The number of amides is 1. The number of benzene rings is 1. The molecule has 1 aromatic rings. The summed E-state index contributed by atoms with van der Waals surface area (Å²) in [5.41, 5.74) is -0.353. The summed E-state index contributed by atoms with van der Waals surface area (Å²) in [5, 5.41) is 2.41. The zero-order valence-corrected chi connectivity index (χ0v) is 10.6. The van der Waals surface area contributed by atoms with E-state index in [0.29, 0.717) is 12.2 Å². The second kappa shape index (κ2) is 7.01. The summed E-state index contributed by atoms with van der Waals surface area (Å²) in [4.78, 5) is 11.2. The Bertz CT molecular complexity index is 419. The van der Waals surface area contributed by atoms with Gasteiger partial charge in [-0.1, -0.05) is 25.5 Å². The van der Waals surface area contributed by atoms with Gasteiger partial charge in [-0.3, -0.25) is 0 Å². The number of carbonyl (C=O) groups is 1. The van der Waals surface area contributed by atoms with Crippen molar-refractivity contribution < 1.29 is 22.7 Å². The Morgan fingerprint density at radius 2 is 2.11 bits per heavy atom. The van der Waals surface area contributed by atoms with E-state index < -0.39 is 17.8 Å². The van der Waals surface area contributed by atoms with E-state index in [-0.39, 0.29) is 6.54 Å². The van der Waals surface area contributed by atoms with Gasteiger partial charge >= 0.3 is 12.3 Å². The highest BCUT2D eigenvalue weighted by molar-refractivity contribution is 5.67. The Morgan fingerprint density at radius 3 is 2.74 bits per heavy atom. The first-order chi connectivity index (χ1) is 8.93. The standard InChI is InChI=1S/C13H16F3NO2/c1-2-3-7-19-12(18)17-9-10-5-4-6-11(8-10)13(14,15)16/h4-6,8H,2-3,7,9H2,1H3,(H,17,18). The summed E-state index contributed by atoms with van der Waals surface area (Å²) in [6.45, 7) is 2.28. The highest BCUT2D eigenvalue weighted by Crippen LogP contribution is 2.29. The lowest BCUT2D eigenvalue weighted by Gasteiger charge is -2.09. The fourth-order valence-corrected chi connectivity index (χ4v) is 1.39. The van der Waals surface area contributed by atoms with Crippen molar-refractivity contribution >= 4 is 6.09 Å². The monoisotopic (exact) mass is 275 g/mol. The van der Waals surface area contributed by atoms with Crippen LogP contribution in [0.25, 0.3) is 0 Å². The van der Waals surface area contributed by atoms with Crippen molar-refractivity contribution in [2.75, 3.05) is 6.61 Å². The van der Waals surface area contributed by atoms with Crippen LogP contribution in [-0.2, 0) is 17.5 Å². The van der Waals surface area contributed by atoms with E-state index in [4.69, 9.17) is 4.74 Å². The molecule has 0 bridgehead atoms. The van der Waals surface area contributed by atoms with Crippen LogP contribution in [0.4, 0.5) is 18.0 Å². The molecular weight excluding hydrogens is 259 g/mol. The van der Waals surface area contributed by atoms with Crippen molar-refractivity contribution in [2.24, 2.45) is 0 Å². The van der Waals surface area contributed by atoms with Gasteiger partial charge in [0.1, 0.15) is 0 Å². The molecule has 1 N–H and O–H groups in total. The van der Waals surface area contributed by atoms with Crippen molar-refractivity contribution in [3.05, 3.63) is 35.4 Å². The van der Waals surface area contributed by atoms with Gasteiger partial charge in [0.25, 0.3) is 0 Å². The number of hydrogen-bond acceptors (Lipinski definition) is 2. The first-order valence-corrected chi connectivity index (χ1v) is 6.00. The molecule has 19 heavy (non-hydrogen) atoms. The Labute approximate surface area is 109 Å². The topological polar surface area (TPSA) is 38.3 Å². The number of ether oxygens (including phenoxy) is 1. The van der Waals surface area contributed by atoms with E-state index in [9.17, 15) is 18.0 Å². The number of nitrogens with one attached hydrogen (secondary N) is 1. The van der Waals surface area contributed by atoms with Crippen molar-refractivity contribution in [1.29, 1.82) is 0 Å². The molecule has 0 saturated heterocycles. The van der Waals surface area contributed by atoms with Crippen molar-refractivity contribution in [3.8, 4) is 0 Å². The smallest absolute Gasteiger partial charge is 0.416 e. The average Bonchev–Trinajstić information content (AvgIpc) is 2.36. The number of halogens is 3. The molecule has 1 rings (SSSR count). The molecule has 0 radical (unpaired) electrons. The van der Waals surface area contributed by atoms with Crippen LogP contribution in [-0.4, -0.2) is 12.7 Å². The molecule has 0 saturated carbocycles. The summed E-state index contributed by atoms with van der Waals surface area (Å²) >= 11 is 0. The van der Waals surface area contributed by atoms with E-state index >= 15 is 0 Å². The number of rotatable bonds is 5. The molecular formula is C13H16F3NO2. The lowest BCUT2D eigenvalue weighted by molar-refractivity contribution is -0.137. The minimum absolute atomic E-state index is 0.00881. The lowest BCUT2D eigenvalue weighted by Crippen LogP contribution is -2.24. The third-order valence-electron chi connectivity index (χ3n) is 2.42. The van der Waals surface area contributed by atoms with E-state index in [1.807, 2.05) is 6.92 Å². The van der Waals surface area contributed by atoms with Gasteiger partial charge in [-0.25, -0.2) is 4.79 Å². The molecule has 0 aliphatic rings. The van der Waals surface area contributed by atoms with Crippen LogP contribution < -0.4 is 5.32 Å². The zero-order valence-electron chi connectivity index (χ0n) is 10.6. The second-order valence-corrected chi connectivity index (χ2v) is 4.04. The highest BCUT2D eigenvalue weighted by atomic mass is 19.4. The maximum Gasteiger partial charge on any atom is 0.416 e. The summed E-state index contributed by atoms with van der Waals surface area (Å²) in [6, 6.07) is 4.82. The van der Waals surface area contributed by atoms with Crippen LogP contribution in [0, 0.1) is 0 Å². The van der Waals surface area contributed by atoms with Crippen molar-refractivity contribution in [1.82, 2.24) is 5.32 Å². The highest BCUT2D eigenvalue weighted by Gasteiger charge is 2.30. The number of carbonyl (C=O) groups excluding carboxylic acids is 1. The molecule has 1 aromatic carbocycles. The lowest BCUT2D eigenvalue weighted by atomic mass is 10.1. The SMILES string of the molecule is CCCCOC(=O)NCc1cccc(C(F)(F)F)c1. The van der Waals surface area contributed by atoms with Gasteiger partial charge in [-0.15, -0.1) is 0 Å². The zero-order chi connectivity index (χ0) is 14.3. The van der Waals surface area contributed by atoms with Gasteiger partial charge in [0.15, 0.2) is 0 Å². The van der Waals surface area contributed by atoms with E-state index in [1.54, 1.807) is 0 Å². The van der Waals surface area contributed by atoms with E-state index in [1.165, 1.54) is 12.1 Å². The molecule has 0 unspecified atom stereocenters. The van der Waals surface area contributed by atoms with E-state index in [0.717, 1.165) is 25.0 Å². The second-order valence-electron chi connectivity index (χ2n) is 4.04. The molecule has 0 fully saturated rings. The molecule has 3 nitrogen and oxygen atoms in total. The van der Waals surface area contributed by atoms with Crippen LogP contribution in [0.2, 0.25) is 0 Å². The van der Waals surface area contributed by atoms with E-state index in [2.05, 4.69) is 5.32 Å². The summed E-state index contributed by atoms with van der Waals surface area (Å²) in [6.07, 6.45) is -3.33. The maximum atomic E-state index is 12.5. The predicted molar refractivity (Wildman–Crippen MR) is 64.5 cm³/mol. The van der Waals surface area contributed by atoms with Crippen molar-refractivity contribution in [2.45, 2.75) is 32.5 Å². The van der Waals surface area contributed by atoms with Crippen LogP contribution in [0.5, 0.6) is 0 Å². The molecule has 0 aliphatic heterocycles. The number of hydrogen-bond donors (Lipinski definition) is 1. The minimum Gasteiger partial charge on any atom is -0.450 e. The molecule has 0 atom stereocenters. The Morgan fingerprint density at radius 1 is 1.37 bits per heavy atom. The van der Waals surface area contributed by atoms with Crippen LogP contribution in [0.15, 0.2) is 24.3 Å². The third kappa shape index (κ3) is 5.63. The fraction of sp³-hybridized carbons (Fsp3) is 0.462. The first kappa shape index (κ1) is 15.3. The van der Waals surface area contributed by atoms with Crippen LogP contribution in [0.1, 0.15) is 30.9 Å². The molecule has 0 aliphatic carbocycles. The number of alkyl halides is 3. The molecule has 0 heterocycles. The molecule has 6 heteroatoms. The Hall–Kier alpha value is -1.72. The first-order valence-electron chi connectivity index (χ1n) is 6.00. The van der Waals surface area contributed by atoms with Gasteiger partial charge in [-0.2, -0.15) is 13.2 Å². The predicted octanol–water partition coefficient (Wildman–Crippen LogP) is 3.73. The number of unbranched alkanes of at least 4 members (excludes halogenated alkanes) is 1. The van der Waals surface area contributed by atoms with Gasteiger partial charge in [-0.05, 0) is 24.1 Å². The number of alkyl carbamates (subject to hydrolysis) is 1. The molecule has 1 amide bonds. The largest absolute Gasteiger partial charge is 0.450 e. The molecule has 0 spiro atoms.